The number of hydrogen-bond donors (Lipinski definition) is 1. The smallest absolute Gasteiger partial charge is 0.132 e. The first-order chi connectivity index (χ1) is 10.3. The van der Waals surface area contributed by atoms with Gasteiger partial charge in [0, 0.05) is 37.8 Å². The number of rotatable bonds is 4. The van der Waals surface area contributed by atoms with E-state index in [0.29, 0.717) is 11.3 Å². The highest BCUT2D eigenvalue weighted by molar-refractivity contribution is 5.85. The molecule has 0 saturated carbocycles. The summed E-state index contributed by atoms with van der Waals surface area (Å²) in [6.07, 6.45) is 1.63. The molecule has 0 unspecified atom stereocenters. The fraction of sp³-hybridized carbons (Fsp3) is 0.375. The van der Waals surface area contributed by atoms with Crippen molar-refractivity contribution < 1.29 is 13.5 Å². The van der Waals surface area contributed by atoms with Gasteiger partial charge in [-0.3, -0.25) is 4.90 Å². The van der Waals surface area contributed by atoms with Crippen molar-refractivity contribution in [2.45, 2.75) is 6.04 Å². The molecule has 1 fully saturated rings. The Balaban J connectivity index is 0.00000176. The number of halogens is 2. The minimum atomic E-state index is -0.269. The minimum Gasteiger partial charge on any atom is -0.497 e. The zero-order valence-corrected chi connectivity index (χ0v) is 13.2. The fourth-order valence-electron chi connectivity index (χ4n) is 2.77. The predicted octanol–water partition coefficient (Wildman–Crippen LogP) is 2.84. The number of piperazine rings is 1. The Morgan fingerprint density at radius 1 is 1.27 bits per heavy atom. The summed E-state index contributed by atoms with van der Waals surface area (Å²) in [5.74, 6) is 1.02. The normalized spacial score (nSPS) is 16.8. The predicted molar refractivity (Wildman–Crippen MR) is 85.2 cm³/mol. The molecule has 3 rings (SSSR count). The van der Waals surface area contributed by atoms with Crippen LogP contribution in [0, 0.1) is 5.82 Å². The van der Waals surface area contributed by atoms with E-state index in [1.807, 2.05) is 12.1 Å². The summed E-state index contributed by atoms with van der Waals surface area (Å²) in [7, 11) is 1.54. The van der Waals surface area contributed by atoms with Crippen molar-refractivity contribution in [1.82, 2.24) is 10.2 Å². The van der Waals surface area contributed by atoms with Crippen LogP contribution in [0.5, 0.6) is 5.75 Å². The Kier molecular flexibility index (Phi) is 5.83. The van der Waals surface area contributed by atoms with E-state index in [2.05, 4.69) is 10.2 Å². The lowest BCUT2D eigenvalue weighted by Gasteiger charge is -2.34. The molecule has 0 aliphatic carbocycles. The van der Waals surface area contributed by atoms with Crippen molar-refractivity contribution in [2.75, 3.05) is 33.3 Å². The maximum atomic E-state index is 14.5. The van der Waals surface area contributed by atoms with Gasteiger partial charge in [0.1, 0.15) is 17.3 Å². The van der Waals surface area contributed by atoms with Crippen LogP contribution in [0.2, 0.25) is 0 Å². The number of hydrogen-bond acceptors (Lipinski definition) is 4. The van der Waals surface area contributed by atoms with Crippen molar-refractivity contribution in [2.24, 2.45) is 0 Å². The molecule has 0 bridgehead atoms. The summed E-state index contributed by atoms with van der Waals surface area (Å²) in [6.45, 7) is 3.51. The molecule has 0 radical (unpaired) electrons. The average Bonchev–Trinajstić information content (AvgIpc) is 3.04. The molecule has 1 N–H and O–H groups in total. The van der Waals surface area contributed by atoms with E-state index >= 15 is 0 Å². The first-order valence-electron chi connectivity index (χ1n) is 7.11. The van der Waals surface area contributed by atoms with Crippen molar-refractivity contribution in [3.05, 3.63) is 53.7 Å². The largest absolute Gasteiger partial charge is 0.497 e. The standard InChI is InChI=1S/C16H19FN2O2.ClH/c1-20-12-4-5-13(14(17)11-12)16(15-3-2-10-21-15)19-8-6-18-7-9-19;/h2-5,10-11,16,18H,6-9H2,1H3;1H/t16-;/m1./s1. The highest BCUT2D eigenvalue weighted by Gasteiger charge is 2.28. The van der Waals surface area contributed by atoms with Crippen LogP contribution in [-0.2, 0) is 0 Å². The van der Waals surface area contributed by atoms with Gasteiger partial charge in [0.25, 0.3) is 0 Å². The van der Waals surface area contributed by atoms with E-state index in [0.717, 1.165) is 31.9 Å². The number of nitrogens with zero attached hydrogens (tertiary/aromatic N) is 1. The number of ether oxygens (including phenoxy) is 1. The monoisotopic (exact) mass is 326 g/mol. The van der Waals surface area contributed by atoms with Crippen LogP contribution in [-0.4, -0.2) is 38.2 Å². The number of methoxy groups -OCH3 is 1. The Hall–Kier alpha value is -1.56. The van der Waals surface area contributed by atoms with E-state index in [1.165, 1.54) is 13.2 Å². The molecule has 22 heavy (non-hydrogen) atoms. The summed E-state index contributed by atoms with van der Waals surface area (Å²) in [5, 5.41) is 3.31. The Labute approximate surface area is 135 Å². The molecule has 1 aromatic carbocycles. The summed E-state index contributed by atoms with van der Waals surface area (Å²) < 4.78 is 25.1. The first kappa shape index (κ1) is 16.8. The maximum absolute atomic E-state index is 14.5. The number of furan rings is 1. The van der Waals surface area contributed by atoms with Gasteiger partial charge in [0.2, 0.25) is 0 Å². The molecule has 1 saturated heterocycles. The van der Waals surface area contributed by atoms with Crippen LogP contribution in [0.1, 0.15) is 17.4 Å². The van der Waals surface area contributed by atoms with E-state index in [-0.39, 0.29) is 24.3 Å². The van der Waals surface area contributed by atoms with Crippen LogP contribution in [0.3, 0.4) is 0 Å². The molecule has 1 aliphatic heterocycles. The third-order valence-electron chi connectivity index (χ3n) is 3.83. The molecular weight excluding hydrogens is 307 g/mol. The highest BCUT2D eigenvalue weighted by atomic mass is 35.5. The lowest BCUT2D eigenvalue weighted by atomic mass is 10.0. The zero-order valence-electron chi connectivity index (χ0n) is 12.4. The van der Waals surface area contributed by atoms with Gasteiger partial charge in [-0.2, -0.15) is 0 Å². The van der Waals surface area contributed by atoms with Gasteiger partial charge in [-0.05, 0) is 18.2 Å². The number of benzene rings is 1. The van der Waals surface area contributed by atoms with Gasteiger partial charge in [-0.25, -0.2) is 4.39 Å². The van der Waals surface area contributed by atoms with Crippen molar-refractivity contribution >= 4 is 12.4 Å². The van der Waals surface area contributed by atoms with Gasteiger partial charge in [0.15, 0.2) is 0 Å². The quantitative estimate of drug-likeness (QED) is 0.937. The second-order valence-electron chi connectivity index (χ2n) is 5.09. The molecular formula is C16H20ClFN2O2. The Morgan fingerprint density at radius 3 is 2.64 bits per heavy atom. The van der Waals surface area contributed by atoms with Crippen LogP contribution >= 0.6 is 12.4 Å². The second-order valence-corrected chi connectivity index (χ2v) is 5.09. The zero-order chi connectivity index (χ0) is 14.7. The van der Waals surface area contributed by atoms with Crippen LogP contribution in [0.4, 0.5) is 4.39 Å². The molecule has 0 amide bonds. The van der Waals surface area contributed by atoms with Crippen molar-refractivity contribution in [3.63, 3.8) is 0 Å². The van der Waals surface area contributed by atoms with Crippen LogP contribution in [0.15, 0.2) is 41.0 Å². The summed E-state index contributed by atoms with van der Waals surface area (Å²) in [5.41, 5.74) is 0.618. The van der Waals surface area contributed by atoms with Crippen LogP contribution < -0.4 is 10.1 Å². The minimum absolute atomic E-state index is 0. The topological polar surface area (TPSA) is 37.6 Å². The first-order valence-corrected chi connectivity index (χ1v) is 7.11. The van der Waals surface area contributed by atoms with Crippen molar-refractivity contribution in [3.8, 4) is 5.75 Å². The molecule has 1 aromatic heterocycles. The summed E-state index contributed by atoms with van der Waals surface area (Å²) >= 11 is 0. The second kappa shape index (κ2) is 7.63. The van der Waals surface area contributed by atoms with Gasteiger partial charge < -0.3 is 14.5 Å². The van der Waals surface area contributed by atoms with E-state index in [1.54, 1.807) is 18.4 Å². The molecule has 2 aromatic rings. The van der Waals surface area contributed by atoms with Gasteiger partial charge in [-0.1, -0.05) is 6.07 Å². The molecule has 0 spiro atoms. The third-order valence-corrected chi connectivity index (χ3v) is 3.83. The molecule has 1 aliphatic rings. The fourth-order valence-corrected chi connectivity index (χ4v) is 2.77. The van der Waals surface area contributed by atoms with Gasteiger partial charge in [0.05, 0.1) is 19.4 Å². The molecule has 4 nitrogen and oxygen atoms in total. The Morgan fingerprint density at radius 2 is 2.05 bits per heavy atom. The van der Waals surface area contributed by atoms with Gasteiger partial charge in [-0.15, -0.1) is 12.4 Å². The molecule has 120 valence electrons. The molecule has 1 atom stereocenters. The number of nitrogens with one attached hydrogen (secondary N) is 1. The van der Waals surface area contributed by atoms with E-state index in [9.17, 15) is 4.39 Å². The highest BCUT2D eigenvalue weighted by Crippen LogP contribution is 2.32. The van der Waals surface area contributed by atoms with E-state index < -0.39 is 0 Å². The lowest BCUT2D eigenvalue weighted by Crippen LogP contribution is -2.45. The molecule has 2 heterocycles. The van der Waals surface area contributed by atoms with Gasteiger partial charge >= 0.3 is 0 Å². The SMILES string of the molecule is COc1ccc([C@H](c2ccco2)N2CCNCC2)c(F)c1.Cl. The summed E-state index contributed by atoms with van der Waals surface area (Å²) in [6, 6.07) is 8.53. The van der Waals surface area contributed by atoms with E-state index in [4.69, 9.17) is 9.15 Å². The maximum Gasteiger partial charge on any atom is 0.132 e. The third kappa shape index (κ3) is 3.43. The summed E-state index contributed by atoms with van der Waals surface area (Å²) in [4.78, 5) is 2.24. The Bertz CT molecular complexity index is 586. The molecule has 6 heteroatoms. The average molecular weight is 327 g/mol. The van der Waals surface area contributed by atoms with Crippen LogP contribution in [0.25, 0.3) is 0 Å². The lowest BCUT2D eigenvalue weighted by molar-refractivity contribution is 0.177. The van der Waals surface area contributed by atoms with Crippen molar-refractivity contribution in [1.29, 1.82) is 0 Å².